The van der Waals surface area contributed by atoms with Gasteiger partial charge in [-0.05, 0) is 25.0 Å². The first kappa shape index (κ1) is 20.1. The minimum Gasteiger partial charge on any atom is -0.494 e. The van der Waals surface area contributed by atoms with Crippen molar-refractivity contribution >= 4 is 10.9 Å². The summed E-state index contributed by atoms with van der Waals surface area (Å²) in [5, 5.41) is 0.860. The first-order chi connectivity index (χ1) is 12.7. The van der Waals surface area contributed by atoms with E-state index in [-0.39, 0.29) is 11.3 Å². The Kier molecular flexibility index (Phi) is 7.82. The predicted molar refractivity (Wildman–Crippen MR) is 106 cm³/mol. The molecule has 0 saturated carbocycles. The summed E-state index contributed by atoms with van der Waals surface area (Å²) in [7, 11) is 3.06. The lowest BCUT2D eigenvalue weighted by molar-refractivity contribution is 0.305. The average molecular weight is 361 g/mol. The third kappa shape index (κ3) is 4.51. The summed E-state index contributed by atoms with van der Waals surface area (Å²) in [5.74, 6) is 1.52. The molecule has 26 heavy (non-hydrogen) atoms. The summed E-state index contributed by atoms with van der Waals surface area (Å²) in [5.41, 5.74) is 0.664. The van der Waals surface area contributed by atoms with Gasteiger partial charge >= 0.3 is 0 Å². The molecule has 0 atom stereocenters. The lowest BCUT2D eigenvalue weighted by atomic mass is 10.1. The second-order valence-electron chi connectivity index (χ2n) is 6.46. The summed E-state index contributed by atoms with van der Waals surface area (Å²) in [4.78, 5) is 12.9. The number of hydrogen-bond acceptors (Lipinski definition) is 4. The topological polar surface area (TPSA) is 49.7 Å². The van der Waals surface area contributed by atoms with Gasteiger partial charge in [0, 0.05) is 18.0 Å². The molecule has 0 aliphatic heterocycles. The van der Waals surface area contributed by atoms with Crippen LogP contribution in [0, 0.1) is 0 Å². The Morgan fingerprint density at radius 3 is 2.31 bits per heavy atom. The van der Waals surface area contributed by atoms with Crippen molar-refractivity contribution in [2.75, 3.05) is 20.8 Å². The van der Waals surface area contributed by atoms with E-state index in [1.54, 1.807) is 11.7 Å². The highest BCUT2D eigenvalue weighted by atomic mass is 16.5. The Labute approximate surface area is 155 Å². The minimum atomic E-state index is -0.162. The molecule has 5 heteroatoms. The van der Waals surface area contributed by atoms with E-state index in [1.807, 2.05) is 18.2 Å². The van der Waals surface area contributed by atoms with Crippen molar-refractivity contribution in [1.82, 2.24) is 4.57 Å². The largest absolute Gasteiger partial charge is 0.494 e. The number of aromatic nitrogens is 1. The van der Waals surface area contributed by atoms with Gasteiger partial charge in [0.05, 0.1) is 26.3 Å². The van der Waals surface area contributed by atoms with Crippen LogP contribution in [0.25, 0.3) is 10.9 Å². The van der Waals surface area contributed by atoms with E-state index in [9.17, 15) is 4.79 Å². The van der Waals surface area contributed by atoms with Crippen LogP contribution in [0.3, 0.4) is 0 Å². The third-order valence-electron chi connectivity index (χ3n) is 4.56. The first-order valence-corrected chi connectivity index (χ1v) is 9.59. The van der Waals surface area contributed by atoms with Crippen LogP contribution in [0.5, 0.6) is 17.2 Å². The summed E-state index contributed by atoms with van der Waals surface area (Å²) >= 11 is 0. The number of fused-ring (bicyclic) bond motifs is 1. The zero-order chi connectivity index (χ0) is 18.9. The van der Waals surface area contributed by atoms with Crippen LogP contribution in [-0.4, -0.2) is 25.4 Å². The summed E-state index contributed by atoms with van der Waals surface area (Å²) in [6, 6.07) is 5.81. The molecule has 0 spiro atoms. The second kappa shape index (κ2) is 10.1. The highest BCUT2D eigenvalue weighted by Gasteiger charge is 2.18. The molecule has 0 saturated heterocycles. The maximum atomic E-state index is 12.9. The third-order valence-corrected chi connectivity index (χ3v) is 4.56. The van der Waals surface area contributed by atoms with Crippen molar-refractivity contribution in [3.63, 3.8) is 0 Å². The fourth-order valence-corrected chi connectivity index (χ4v) is 3.11. The van der Waals surface area contributed by atoms with E-state index >= 15 is 0 Å². The van der Waals surface area contributed by atoms with E-state index in [0.29, 0.717) is 18.9 Å². The van der Waals surface area contributed by atoms with E-state index < -0.39 is 0 Å². The van der Waals surface area contributed by atoms with Crippen molar-refractivity contribution in [3.8, 4) is 17.2 Å². The molecule has 0 amide bonds. The Hall–Kier alpha value is -2.17. The van der Waals surface area contributed by atoms with Crippen LogP contribution in [-0.2, 0) is 6.54 Å². The monoisotopic (exact) mass is 361 g/mol. The molecule has 1 aromatic carbocycles. The Bertz CT molecular complexity index is 767. The summed E-state index contributed by atoms with van der Waals surface area (Å²) < 4.78 is 18.5. The van der Waals surface area contributed by atoms with Gasteiger partial charge in [-0.3, -0.25) is 4.79 Å². The van der Waals surface area contributed by atoms with Gasteiger partial charge in [-0.15, -0.1) is 0 Å². The number of unbranched alkanes of at least 4 members (excludes halogenated alkanes) is 4. The van der Waals surface area contributed by atoms with E-state index in [4.69, 9.17) is 14.2 Å². The predicted octanol–water partition coefficient (Wildman–Crippen LogP) is 4.78. The van der Waals surface area contributed by atoms with Crippen LogP contribution in [0.15, 0.2) is 23.0 Å². The lowest BCUT2D eigenvalue weighted by Gasteiger charge is -2.17. The maximum Gasteiger partial charge on any atom is 0.297 e. The Balaban J connectivity index is 2.41. The van der Waals surface area contributed by atoms with Crippen molar-refractivity contribution in [1.29, 1.82) is 0 Å². The molecule has 5 nitrogen and oxygen atoms in total. The first-order valence-electron chi connectivity index (χ1n) is 9.59. The standard InChI is InChI=1S/C21H31NO4/c1-5-7-9-10-14-26-16-11-12-17-18(15-16)22(13-8-6-2)21(23)20(25-4)19(17)24-3/h11-12,15H,5-10,13-14H2,1-4H3. The molecule has 0 aliphatic rings. The highest BCUT2D eigenvalue weighted by molar-refractivity contribution is 5.89. The van der Waals surface area contributed by atoms with Gasteiger partial charge in [0.15, 0.2) is 5.75 Å². The molecule has 144 valence electrons. The Morgan fingerprint density at radius 2 is 1.65 bits per heavy atom. The van der Waals surface area contributed by atoms with Crippen molar-refractivity contribution in [2.45, 2.75) is 58.9 Å². The quantitative estimate of drug-likeness (QED) is 0.541. The number of methoxy groups -OCH3 is 2. The molecule has 0 radical (unpaired) electrons. The van der Waals surface area contributed by atoms with Crippen LogP contribution in [0.4, 0.5) is 0 Å². The molecule has 0 fully saturated rings. The van der Waals surface area contributed by atoms with Gasteiger partial charge in [-0.2, -0.15) is 0 Å². The van der Waals surface area contributed by atoms with Crippen molar-refractivity contribution in [3.05, 3.63) is 28.6 Å². The van der Waals surface area contributed by atoms with Gasteiger partial charge in [0.2, 0.25) is 5.75 Å². The molecule has 0 aliphatic carbocycles. The molecule has 2 rings (SSSR count). The van der Waals surface area contributed by atoms with Crippen LogP contribution < -0.4 is 19.8 Å². The highest BCUT2D eigenvalue weighted by Crippen LogP contribution is 2.34. The fraction of sp³-hybridized carbons (Fsp3) is 0.571. The van der Waals surface area contributed by atoms with Crippen LogP contribution in [0.2, 0.25) is 0 Å². The zero-order valence-electron chi connectivity index (χ0n) is 16.5. The van der Waals surface area contributed by atoms with E-state index in [1.165, 1.54) is 26.4 Å². The number of ether oxygens (including phenoxy) is 3. The summed E-state index contributed by atoms with van der Waals surface area (Å²) in [6.45, 7) is 5.64. The maximum absolute atomic E-state index is 12.9. The van der Waals surface area contributed by atoms with Gasteiger partial charge in [0.25, 0.3) is 5.56 Å². The van der Waals surface area contributed by atoms with Gasteiger partial charge in [-0.25, -0.2) is 0 Å². The smallest absolute Gasteiger partial charge is 0.297 e. The molecule has 1 heterocycles. The van der Waals surface area contributed by atoms with Crippen LogP contribution in [0.1, 0.15) is 52.4 Å². The second-order valence-corrected chi connectivity index (χ2v) is 6.46. The molecule has 0 unspecified atom stereocenters. The zero-order valence-corrected chi connectivity index (χ0v) is 16.5. The number of pyridine rings is 1. The van der Waals surface area contributed by atoms with Crippen molar-refractivity contribution in [2.24, 2.45) is 0 Å². The SMILES string of the molecule is CCCCCCOc1ccc2c(OC)c(OC)c(=O)n(CCCC)c2c1. The molecule has 1 aromatic heterocycles. The van der Waals surface area contributed by atoms with Crippen LogP contribution >= 0.6 is 0 Å². The summed E-state index contributed by atoms with van der Waals surface area (Å²) in [6.07, 6.45) is 6.59. The number of hydrogen-bond donors (Lipinski definition) is 0. The molecular weight excluding hydrogens is 330 g/mol. The van der Waals surface area contributed by atoms with Gasteiger partial charge in [0.1, 0.15) is 5.75 Å². The molecule has 0 bridgehead atoms. The number of nitrogens with zero attached hydrogens (tertiary/aromatic N) is 1. The lowest BCUT2D eigenvalue weighted by Crippen LogP contribution is -2.23. The Morgan fingerprint density at radius 1 is 0.923 bits per heavy atom. The molecular formula is C21H31NO4. The van der Waals surface area contributed by atoms with E-state index in [2.05, 4.69) is 13.8 Å². The fourth-order valence-electron chi connectivity index (χ4n) is 3.11. The van der Waals surface area contributed by atoms with E-state index in [0.717, 1.165) is 35.9 Å². The van der Waals surface area contributed by atoms with Gasteiger partial charge < -0.3 is 18.8 Å². The number of rotatable bonds is 11. The van der Waals surface area contributed by atoms with Gasteiger partial charge in [-0.1, -0.05) is 39.5 Å². The minimum absolute atomic E-state index is 0.162. The number of benzene rings is 1. The normalized spacial score (nSPS) is 10.9. The average Bonchev–Trinajstić information content (AvgIpc) is 2.66. The number of aryl methyl sites for hydroxylation is 1. The molecule has 0 N–H and O–H groups in total. The van der Waals surface area contributed by atoms with Crippen molar-refractivity contribution < 1.29 is 14.2 Å². The molecule has 2 aromatic rings.